The van der Waals surface area contributed by atoms with Crippen molar-refractivity contribution in [2.45, 2.75) is 39.2 Å². The second kappa shape index (κ2) is 6.01. The lowest BCUT2D eigenvalue weighted by atomic mass is 10.1. The van der Waals surface area contributed by atoms with Crippen molar-refractivity contribution in [3.63, 3.8) is 0 Å². The summed E-state index contributed by atoms with van der Waals surface area (Å²) in [5.74, 6) is 0. The molecular formula is C14H23N3. The van der Waals surface area contributed by atoms with E-state index >= 15 is 0 Å². The molecule has 1 unspecified atom stereocenters. The highest BCUT2D eigenvalue weighted by Gasteiger charge is 2.13. The first kappa shape index (κ1) is 12.4. The van der Waals surface area contributed by atoms with Gasteiger partial charge in [0.15, 0.2) is 0 Å². The molecular weight excluding hydrogens is 210 g/mol. The highest BCUT2D eigenvalue weighted by molar-refractivity contribution is 5.44. The monoisotopic (exact) mass is 233 g/mol. The van der Waals surface area contributed by atoms with Crippen LogP contribution in [-0.2, 0) is 0 Å². The van der Waals surface area contributed by atoms with Gasteiger partial charge in [0.2, 0.25) is 0 Å². The molecule has 0 saturated carbocycles. The summed E-state index contributed by atoms with van der Waals surface area (Å²) >= 11 is 0. The van der Waals surface area contributed by atoms with E-state index in [-0.39, 0.29) is 0 Å². The van der Waals surface area contributed by atoms with Gasteiger partial charge in [-0.2, -0.15) is 0 Å². The predicted octanol–water partition coefficient (Wildman–Crippen LogP) is 2.36. The summed E-state index contributed by atoms with van der Waals surface area (Å²) < 4.78 is 0. The van der Waals surface area contributed by atoms with Gasteiger partial charge in [-0.05, 0) is 44.9 Å². The van der Waals surface area contributed by atoms with Gasteiger partial charge in [-0.15, -0.1) is 0 Å². The Morgan fingerprint density at radius 3 is 3.00 bits per heavy atom. The number of anilines is 1. The lowest BCUT2D eigenvalue weighted by molar-refractivity contribution is 0.439. The van der Waals surface area contributed by atoms with E-state index in [9.17, 15) is 0 Å². The van der Waals surface area contributed by atoms with Crippen LogP contribution in [-0.4, -0.2) is 30.7 Å². The van der Waals surface area contributed by atoms with Crippen LogP contribution in [0.5, 0.6) is 0 Å². The first-order valence-electron chi connectivity index (χ1n) is 6.70. The highest BCUT2D eigenvalue weighted by atomic mass is 15.1. The van der Waals surface area contributed by atoms with Crippen LogP contribution in [0.3, 0.4) is 0 Å². The molecule has 2 rings (SSSR count). The molecule has 0 aliphatic carbocycles. The maximum atomic E-state index is 4.39. The van der Waals surface area contributed by atoms with E-state index in [0.717, 1.165) is 25.3 Å². The fourth-order valence-corrected chi connectivity index (χ4v) is 2.36. The summed E-state index contributed by atoms with van der Waals surface area (Å²) in [6.45, 7) is 7.70. The first-order valence-corrected chi connectivity index (χ1v) is 6.70. The van der Waals surface area contributed by atoms with Gasteiger partial charge in [0.05, 0.1) is 11.9 Å². The second-order valence-electron chi connectivity index (χ2n) is 4.85. The van der Waals surface area contributed by atoms with E-state index in [4.69, 9.17) is 0 Å². The molecule has 17 heavy (non-hydrogen) atoms. The van der Waals surface area contributed by atoms with Crippen molar-refractivity contribution in [3.05, 3.63) is 24.0 Å². The number of nitrogens with zero attached hydrogens (tertiary/aromatic N) is 2. The van der Waals surface area contributed by atoms with E-state index in [2.05, 4.69) is 34.3 Å². The fraction of sp³-hybridized carbons (Fsp3) is 0.643. The molecule has 0 aromatic carbocycles. The molecule has 0 radical (unpaired) electrons. The van der Waals surface area contributed by atoms with Crippen LogP contribution >= 0.6 is 0 Å². The average molecular weight is 233 g/mol. The van der Waals surface area contributed by atoms with Gasteiger partial charge >= 0.3 is 0 Å². The Morgan fingerprint density at radius 1 is 1.41 bits per heavy atom. The van der Waals surface area contributed by atoms with Gasteiger partial charge in [0, 0.05) is 24.8 Å². The summed E-state index contributed by atoms with van der Waals surface area (Å²) in [5.41, 5.74) is 2.36. The van der Waals surface area contributed by atoms with Crippen LogP contribution in [0, 0.1) is 6.92 Å². The molecule has 1 fully saturated rings. The molecule has 0 amide bonds. The van der Waals surface area contributed by atoms with Crippen molar-refractivity contribution < 1.29 is 0 Å². The summed E-state index contributed by atoms with van der Waals surface area (Å²) in [4.78, 5) is 6.86. The molecule has 1 aliphatic rings. The van der Waals surface area contributed by atoms with Crippen LogP contribution < -0.4 is 10.2 Å². The molecule has 0 spiro atoms. The van der Waals surface area contributed by atoms with E-state index in [0.29, 0.717) is 6.04 Å². The topological polar surface area (TPSA) is 28.2 Å². The van der Waals surface area contributed by atoms with Crippen molar-refractivity contribution in [3.8, 4) is 0 Å². The minimum absolute atomic E-state index is 0.677. The molecule has 3 heteroatoms. The quantitative estimate of drug-likeness (QED) is 0.850. The second-order valence-corrected chi connectivity index (χ2v) is 4.85. The summed E-state index contributed by atoms with van der Waals surface area (Å²) in [7, 11) is 0. The van der Waals surface area contributed by atoms with Crippen LogP contribution in [0.1, 0.15) is 31.9 Å². The van der Waals surface area contributed by atoms with Crippen molar-refractivity contribution in [2.75, 3.05) is 24.5 Å². The number of hydrogen-bond acceptors (Lipinski definition) is 3. The van der Waals surface area contributed by atoms with E-state index in [1.165, 1.54) is 24.9 Å². The first-order chi connectivity index (χ1) is 8.29. The third-order valence-corrected chi connectivity index (χ3v) is 3.54. The fourth-order valence-electron chi connectivity index (χ4n) is 2.36. The summed E-state index contributed by atoms with van der Waals surface area (Å²) in [5, 5.41) is 3.61. The molecule has 0 bridgehead atoms. The Balaban J connectivity index is 2.01. The van der Waals surface area contributed by atoms with Gasteiger partial charge in [-0.1, -0.05) is 6.92 Å². The predicted molar refractivity (Wildman–Crippen MR) is 72.5 cm³/mol. The van der Waals surface area contributed by atoms with Gasteiger partial charge in [-0.25, -0.2) is 0 Å². The average Bonchev–Trinajstić information content (AvgIpc) is 2.31. The van der Waals surface area contributed by atoms with Gasteiger partial charge in [0.1, 0.15) is 0 Å². The molecule has 1 aromatic rings. The zero-order valence-electron chi connectivity index (χ0n) is 10.9. The standard InChI is InChI=1S/C14H23N3/c1-3-13-7-10-17(9-4-8-15-13)14-6-5-12(2)16-11-14/h5-6,11,13,15H,3-4,7-10H2,1-2H3. The number of hydrogen-bond donors (Lipinski definition) is 1. The van der Waals surface area contributed by atoms with Crippen molar-refractivity contribution >= 4 is 5.69 Å². The van der Waals surface area contributed by atoms with Gasteiger partial charge in [-0.3, -0.25) is 4.98 Å². The molecule has 3 nitrogen and oxygen atoms in total. The van der Waals surface area contributed by atoms with Crippen LogP contribution in [0.25, 0.3) is 0 Å². The third-order valence-electron chi connectivity index (χ3n) is 3.54. The molecule has 1 aromatic heterocycles. The van der Waals surface area contributed by atoms with Crippen LogP contribution in [0.4, 0.5) is 5.69 Å². The Labute approximate surface area is 104 Å². The van der Waals surface area contributed by atoms with Crippen LogP contribution in [0.2, 0.25) is 0 Å². The van der Waals surface area contributed by atoms with Crippen molar-refractivity contribution in [1.82, 2.24) is 10.3 Å². The van der Waals surface area contributed by atoms with Gasteiger partial charge < -0.3 is 10.2 Å². The number of aryl methyl sites for hydroxylation is 1. The lowest BCUT2D eigenvalue weighted by Gasteiger charge is -2.30. The molecule has 94 valence electrons. The molecule has 1 atom stereocenters. The number of pyridine rings is 1. The number of rotatable bonds is 2. The maximum absolute atomic E-state index is 4.39. The molecule has 1 aliphatic heterocycles. The minimum Gasteiger partial charge on any atom is -0.370 e. The Kier molecular flexibility index (Phi) is 4.37. The zero-order chi connectivity index (χ0) is 12.1. The summed E-state index contributed by atoms with van der Waals surface area (Å²) in [6.07, 6.45) is 5.67. The van der Waals surface area contributed by atoms with Gasteiger partial charge in [0.25, 0.3) is 0 Å². The van der Waals surface area contributed by atoms with Crippen molar-refractivity contribution in [1.29, 1.82) is 0 Å². The summed E-state index contributed by atoms with van der Waals surface area (Å²) in [6, 6.07) is 4.97. The Morgan fingerprint density at radius 2 is 2.29 bits per heavy atom. The molecule has 1 saturated heterocycles. The van der Waals surface area contributed by atoms with E-state index in [1.54, 1.807) is 0 Å². The maximum Gasteiger partial charge on any atom is 0.0552 e. The Hall–Kier alpha value is -1.09. The smallest absolute Gasteiger partial charge is 0.0552 e. The minimum atomic E-state index is 0.677. The molecule has 2 heterocycles. The SMILES string of the molecule is CCC1CCN(c2ccc(C)nc2)CCCN1. The number of nitrogens with one attached hydrogen (secondary N) is 1. The van der Waals surface area contributed by atoms with E-state index in [1.807, 2.05) is 13.1 Å². The zero-order valence-corrected chi connectivity index (χ0v) is 10.9. The normalized spacial score (nSPS) is 22.0. The highest BCUT2D eigenvalue weighted by Crippen LogP contribution is 2.16. The third kappa shape index (κ3) is 3.43. The largest absolute Gasteiger partial charge is 0.370 e. The molecule has 1 N–H and O–H groups in total. The van der Waals surface area contributed by atoms with E-state index < -0.39 is 0 Å². The lowest BCUT2D eigenvalue weighted by Crippen LogP contribution is -2.39. The Bertz CT molecular complexity index is 334. The van der Waals surface area contributed by atoms with Crippen LogP contribution in [0.15, 0.2) is 18.3 Å². The number of aromatic nitrogens is 1. The van der Waals surface area contributed by atoms with Crippen molar-refractivity contribution in [2.24, 2.45) is 0 Å².